The zero-order valence-corrected chi connectivity index (χ0v) is 13.5. The highest BCUT2D eigenvalue weighted by atomic mass is 19.1. The van der Waals surface area contributed by atoms with Gasteiger partial charge < -0.3 is 5.32 Å². The van der Waals surface area contributed by atoms with Crippen molar-refractivity contribution < 1.29 is 4.39 Å². The minimum Gasteiger partial charge on any atom is -0.369 e. The van der Waals surface area contributed by atoms with Crippen LogP contribution in [0.2, 0.25) is 0 Å². The number of nitrogens with zero attached hydrogens (tertiary/aromatic N) is 3. The van der Waals surface area contributed by atoms with Crippen molar-refractivity contribution in [2.75, 3.05) is 11.9 Å². The second-order valence-corrected chi connectivity index (χ2v) is 6.15. The molecular weight excluding hydrogens is 311 g/mol. The lowest BCUT2D eigenvalue weighted by atomic mass is 9.95. The van der Waals surface area contributed by atoms with Crippen LogP contribution >= 0.6 is 0 Å². The summed E-state index contributed by atoms with van der Waals surface area (Å²) in [5.74, 6) is -0.0941. The van der Waals surface area contributed by atoms with Gasteiger partial charge in [-0.25, -0.2) is 9.18 Å². The summed E-state index contributed by atoms with van der Waals surface area (Å²) in [6, 6.07) is 8.44. The van der Waals surface area contributed by atoms with Crippen LogP contribution in [0, 0.1) is 17.1 Å². The van der Waals surface area contributed by atoms with Crippen molar-refractivity contribution in [3.63, 3.8) is 0 Å². The van der Waals surface area contributed by atoms with E-state index in [1.54, 1.807) is 18.2 Å². The molecule has 1 aromatic heterocycles. The van der Waals surface area contributed by atoms with E-state index in [0.29, 0.717) is 12.1 Å². The van der Waals surface area contributed by atoms with Crippen LogP contribution in [0.1, 0.15) is 24.0 Å². The largest absolute Gasteiger partial charge is 0.369 e. The van der Waals surface area contributed by atoms with E-state index < -0.39 is 11.2 Å². The van der Waals surface area contributed by atoms with Gasteiger partial charge in [0.1, 0.15) is 17.7 Å². The third-order valence-corrected chi connectivity index (χ3v) is 4.67. The minimum absolute atomic E-state index is 0.121. The summed E-state index contributed by atoms with van der Waals surface area (Å²) >= 11 is 0. The quantitative estimate of drug-likeness (QED) is 0.916. The number of aromatic nitrogens is 2. The third kappa shape index (κ3) is 2.40. The van der Waals surface area contributed by atoms with Crippen LogP contribution in [0.25, 0.3) is 0 Å². The van der Waals surface area contributed by atoms with E-state index in [2.05, 4.69) is 5.32 Å². The lowest BCUT2D eigenvalue weighted by Crippen LogP contribution is -2.40. The molecule has 124 valence electrons. The van der Waals surface area contributed by atoms with Gasteiger partial charge in [0.25, 0.3) is 5.56 Å². The predicted molar refractivity (Wildman–Crippen MR) is 87.4 cm³/mol. The van der Waals surface area contributed by atoms with Gasteiger partial charge in [-0.05, 0) is 24.5 Å². The van der Waals surface area contributed by atoms with Gasteiger partial charge in [-0.1, -0.05) is 18.2 Å². The molecule has 2 aromatic rings. The summed E-state index contributed by atoms with van der Waals surface area (Å²) < 4.78 is 16.2. The van der Waals surface area contributed by atoms with Crippen LogP contribution in [-0.4, -0.2) is 15.7 Å². The molecule has 0 aliphatic heterocycles. The number of nitrogens with one attached hydrogen (secondary N) is 1. The van der Waals surface area contributed by atoms with Crippen LogP contribution < -0.4 is 16.6 Å². The molecule has 0 bridgehead atoms. The number of anilines is 1. The number of hydrogen-bond donors (Lipinski definition) is 1. The van der Waals surface area contributed by atoms with Crippen molar-refractivity contribution in [3.8, 4) is 6.07 Å². The van der Waals surface area contributed by atoms with E-state index in [-0.39, 0.29) is 22.6 Å². The van der Waals surface area contributed by atoms with Crippen LogP contribution in [0.3, 0.4) is 0 Å². The molecule has 7 heteroatoms. The molecule has 0 spiro atoms. The Morgan fingerprint density at radius 1 is 1.25 bits per heavy atom. The highest BCUT2D eigenvalue weighted by molar-refractivity contribution is 5.52. The molecule has 3 rings (SSSR count). The fourth-order valence-electron chi connectivity index (χ4n) is 2.99. The molecule has 0 atom stereocenters. The maximum atomic E-state index is 14.1. The number of benzene rings is 1. The Bertz CT molecular complexity index is 964. The number of rotatable bonds is 4. The first-order valence-corrected chi connectivity index (χ1v) is 7.60. The molecule has 1 aliphatic carbocycles. The molecule has 0 unspecified atom stereocenters. The van der Waals surface area contributed by atoms with Gasteiger partial charge in [-0.2, -0.15) is 5.26 Å². The molecule has 1 heterocycles. The van der Waals surface area contributed by atoms with E-state index in [4.69, 9.17) is 0 Å². The average molecular weight is 328 g/mol. The van der Waals surface area contributed by atoms with Crippen LogP contribution in [0.15, 0.2) is 33.9 Å². The van der Waals surface area contributed by atoms with Crippen LogP contribution in [-0.2, 0) is 19.5 Å². The Kier molecular flexibility index (Phi) is 3.76. The predicted octanol–water partition coefficient (Wildman–Crippen LogP) is 1.24. The Hall–Kier alpha value is -2.88. The fourth-order valence-corrected chi connectivity index (χ4v) is 2.99. The van der Waals surface area contributed by atoms with Crippen LogP contribution in [0.4, 0.5) is 10.2 Å². The standard InChI is InChI=1S/C17H17FN4O2/c1-21-14(11(9-19)15(23)22(2)16(21)24)20-10-17(7-8-17)12-5-3-4-6-13(12)18/h3-6,20H,7-8,10H2,1-2H3. The molecule has 1 aliphatic rings. The summed E-state index contributed by atoms with van der Waals surface area (Å²) in [7, 11) is 2.82. The van der Waals surface area contributed by atoms with E-state index in [9.17, 15) is 19.2 Å². The average Bonchev–Trinajstić information content (AvgIpc) is 3.36. The highest BCUT2D eigenvalue weighted by Crippen LogP contribution is 2.49. The second kappa shape index (κ2) is 5.64. The normalized spacial score (nSPS) is 14.9. The van der Waals surface area contributed by atoms with Gasteiger partial charge in [0.2, 0.25) is 0 Å². The fraction of sp³-hybridized carbons (Fsp3) is 0.353. The van der Waals surface area contributed by atoms with E-state index in [1.165, 1.54) is 24.7 Å². The summed E-state index contributed by atoms with van der Waals surface area (Å²) in [6.07, 6.45) is 1.61. The number of halogens is 1. The molecule has 6 nitrogen and oxygen atoms in total. The van der Waals surface area contributed by atoms with Gasteiger partial charge in [0.15, 0.2) is 5.56 Å². The smallest absolute Gasteiger partial charge is 0.332 e. The molecule has 1 saturated carbocycles. The topological polar surface area (TPSA) is 79.8 Å². The Morgan fingerprint density at radius 2 is 1.92 bits per heavy atom. The molecule has 1 fully saturated rings. The zero-order valence-electron chi connectivity index (χ0n) is 13.5. The Balaban J connectivity index is 1.97. The van der Waals surface area contributed by atoms with E-state index in [0.717, 1.165) is 17.4 Å². The molecule has 24 heavy (non-hydrogen) atoms. The van der Waals surface area contributed by atoms with E-state index in [1.807, 2.05) is 6.07 Å². The molecule has 1 N–H and O–H groups in total. The van der Waals surface area contributed by atoms with Crippen molar-refractivity contribution in [3.05, 3.63) is 62.0 Å². The second-order valence-electron chi connectivity index (χ2n) is 6.15. The van der Waals surface area contributed by atoms with Gasteiger partial charge in [-0.15, -0.1) is 0 Å². The molecular formula is C17H17FN4O2. The van der Waals surface area contributed by atoms with Crippen molar-refractivity contribution in [1.29, 1.82) is 5.26 Å². The van der Waals surface area contributed by atoms with Gasteiger partial charge in [-0.3, -0.25) is 13.9 Å². The zero-order chi connectivity index (χ0) is 17.5. The maximum Gasteiger partial charge on any atom is 0.332 e. The number of nitriles is 1. The van der Waals surface area contributed by atoms with Crippen LogP contribution in [0.5, 0.6) is 0 Å². The van der Waals surface area contributed by atoms with Crippen molar-refractivity contribution in [2.45, 2.75) is 18.3 Å². The summed E-state index contributed by atoms with van der Waals surface area (Å²) in [5, 5.41) is 12.3. The highest BCUT2D eigenvalue weighted by Gasteiger charge is 2.45. The lowest BCUT2D eigenvalue weighted by molar-refractivity contribution is 0.577. The summed E-state index contributed by atoms with van der Waals surface area (Å²) in [5.41, 5.74) is -1.03. The van der Waals surface area contributed by atoms with Gasteiger partial charge in [0, 0.05) is 26.1 Å². The lowest BCUT2D eigenvalue weighted by Gasteiger charge is -2.20. The number of hydrogen-bond acceptors (Lipinski definition) is 4. The SMILES string of the molecule is Cn1c(NCC2(c3ccccc3F)CC2)c(C#N)c(=O)n(C)c1=O. The van der Waals surface area contributed by atoms with E-state index >= 15 is 0 Å². The summed E-state index contributed by atoms with van der Waals surface area (Å²) in [4.78, 5) is 24.1. The Morgan fingerprint density at radius 3 is 2.50 bits per heavy atom. The molecule has 0 radical (unpaired) electrons. The molecule has 0 saturated heterocycles. The van der Waals surface area contributed by atoms with Gasteiger partial charge >= 0.3 is 5.69 Å². The summed E-state index contributed by atoms with van der Waals surface area (Å²) in [6.45, 7) is 0.350. The first-order valence-electron chi connectivity index (χ1n) is 7.60. The maximum absolute atomic E-state index is 14.1. The van der Waals surface area contributed by atoms with Gasteiger partial charge in [0.05, 0.1) is 0 Å². The first kappa shape index (κ1) is 16.0. The monoisotopic (exact) mass is 328 g/mol. The first-order chi connectivity index (χ1) is 11.4. The van der Waals surface area contributed by atoms with Crippen molar-refractivity contribution >= 4 is 5.82 Å². The minimum atomic E-state index is -0.640. The molecule has 0 amide bonds. The van der Waals surface area contributed by atoms with Crippen molar-refractivity contribution in [2.24, 2.45) is 14.1 Å². The Labute approximate surface area is 137 Å². The third-order valence-electron chi connectivity index (χ3n) is 4.67. The molecule has 1 aromatic carbocycles. The van der Waals surface area contributed by atoms with Crippen molar-refractivity contribution in [1.82, 2.24) is 9.13 Å².